The molecule has 1 amide bonds. The van der Waals surface area contributed by atoms with Crippen molar-refractivity contribution in [1.82, 2.24) is 14.8 Å². The number of nitrogens with zero attached hydrogens (tertiary/aromatic N) is 3. The van der Waals surface area contributed by atoms with Crippen LogP contribution < -0.4 is 5.32 Å². The topological polar surface area (TPSA) is 59.8 Å². The predicted octanol–water partition coefficient (Wildman–Crippen LogP) is 5.01. The van der Waals surface area contributed by atoms with E-state index >= 15 is 0 Å². The van der Waals surface area contributed by atoms with Crippen molar-refractivity contribution in [2.75, 3.05) is 11.1 Å². The van der Waals surface area contributed by atoms with Crippen LogP contribution in [0.15, 0.2) is 78.0 Å². The third-order valence-corrected chi connectivity index (χ3v) is 5.49. The van der Waals surface area contributed by atoms with E-state index in [-0.39, 0.29) is 5.75 Å². The summed E-state index contributed by atoms with van der Waals surface area (Å²) in [7, 11) is 0. The number of hydrogen-bond acceptors (Lipinski definition) is 4. The summed E-state index contributed by atoms with van der Waals surface area (Å²) in [5.41, 5.74) is 1.46. The molecule has 1 N–H and O–H groups in total. The Bertz CT molecular complexity index is 1230. The van der Waals surface area contributed by atoms with Gasteiger partial charge in [0.1, 0.15) is 5.82 Å². The molecule has 0 atom stereocenters. The van der Waals surface area contributed by atoms with E-state index in [0.717, 1.165) is 35.1 Å². The number of halogens is 3. The first-order chi connectivity index (χ1) is 15.5. The van der Waals surface area contributed by atoms with Gasteiger partial charge in [-0.05, 0) is 29.8 Å². The molecule has 162 valence electrons. The minimum absolute atomic E-state index is 0.130. The van der Waals surface area contributed by atoms with Crippen LogP contribution in [0, 0.1) is 17.5 Å². The highest BCUT2D eigenvalue weighted by molar-refractivity contribution is 7.99. The van der Waals surface area contributed by atoms with E-state index in [4.69, 9.17) is 0 Å². The molecule has 0 bridgehead atoms. The monoisotopic (exact) mass is 454 g/mol. The molecule has 0 aliphatic carbocycles. The third-order valence-electron chi connectivity index (χ3n) is 4.56. The first-order valence-corrected chi connectivity index (χ1v) is 10.6. The highest BCUT2D eigenvalue weighted by Gasteiger charge is 2.18. The number of thioether (sulfide) groups is 1. The molecule has 3 aromatic carbocycles. The summed E-state index contributed by atoms with van der Waals surface area (Å²) in [5.74, 6) is -4.43. The highest BCUT2D eigenvalue weighted by atomic mass is 32.2. The molecular formula is C23H17F3N4OS. The first-order valence-electron chi connectivity index (χ1n) is 9.62. The predicted molar refractivity (Wildman–Crippen MR) is 116 cm³/mol. The van der Waals surface area contributed by atoms with Gasteiger partial charge < -0.3 is 5.32 Å². The highest BCUT2D eigenvalue weighted by Crippen LogP contribution is 2.24. The number of para-hydroxylation sites is 1. The number of aromatic nitrogens is 3. The molecule has 0 saturated heterocycles. The van der Waals surface area contributed by atoms with Gasteiger partial charge >= 0.3 is 0 Å². The van der Waals surface area contributed by atoms with Crippen LogP contribution in [0.1, 0.15) is 11.4 Å². The molecule has 0 aliphatic rings. The van der Waals surface area contributed by atoms with Crippen LogP contribution in [0.3, 0.4) is 0 Å². The van der Waals surface area contributed by atoms with E-state index in [1.165, 1.54) is 0 Å². The lowest BCUT2D eigenvalue weighted by Crippen LogP contribution is -2.16. The second kappa shape index (κ2) is 9.69. The fourth-order valence-electron chi connectivity index (χ4n) is 3.06. The number of hydrogen-bond donors (Lipinski definition) is 1. The number of benzene rings is 3. The molecule has 0 radical (unpaired) electrons. The molecule has 4 aromatic rings. The molecule has 0 fully saturated rings. The second-order valence-electron chi connectivity index (χ2n) is 6.79. The van der Waals surface area contributed by atoms with Gasteiger partial charge in [0.05, 0.1) is 11.4 Å². The molecular weight excluding hydrogens is 437 g/mol. The average Bonchev–Trinajstić information content (AvgIpc) is 3.21. The van der Waals surface area contributed by atoms with E-state index < -0.39 is 29.0 Å². The summed E-state index contributed by atoms with van der Waals surface area (Å²) in [6.45, 7) is 0. The standard InChI is InChI=1S/C23H17F3N4OS/c24-17-11-12-18(22(26)21(17)25)27-20(31)14-32-23-29-28-19(13-15-7-3-1-4-8-15)30(23)16-9-5-2-6-10-16/h1-12H,13-14H2,(H,27,31). The van der Waals surface area contributed by atoms with Crippen LogP contribution in [0.25, 0.3) is 5.69 Å². The van der Waals surface area contributed by atoms with Gasteiger partial charge in [-0.1, -0.05) is 60.3 Å². The van der Waals surface area contributed by atoms with Gasteiger partial charge in [0, 0.05) is 12.1 Å². The Kier molecular flexibility index (Phi) is 6.55. The molecule has 4 rings (SSSR count). The van der Waals surface area contributed by atoms with Crippen molar-refractivity contribution in [3.05, 3.63) is 102 Å². The first kappa shape index (κ1) is 21.6. The van der Waals surface area contributed by atoms with Crippen molar-refractivity contribution in [2.45, 2.75) is 11.6 Å². The van der Waals surface area contributed by atoms with Crippen LogP contribution in [0.5, 0.6) is 0 Å². The van der Waals surface area contributed by atoms with Gasteiger partial charge in [0.25, 0.3) is 0 Å². The van der Waals surface area contributed by atoms with Crippen LogP contribution in [-0.4, -0.2) is 26.4 Å². The average molecular weight is 454 g/mol. The minimum Gasteiger partial charge on any atom is -0.323 e. The number of carbonyl (C=O) groups excluding carboxylic acids is 1. The summed E-state index contributed by atoms with van der Waals surface area (Å²) < 4.78 is 42.1. The number of amides is 1. The maximum Gasteiger partial charge on any atom is 0.234 e. The Labute approximate surface area is 186 Å². The van der Waals surface area contributed by atoms with E-state index in [1.54, 1.807) is 0 Å². The second-order valence-corrected chi connectivity index (χ2v) is 7.73. The molecule has 1 heterocycles. The molecule has 1 aromatic heterocycles. The van der Waals surface area contributed by atoms with Gasteiger partial charge in [0.2, 0.25) is 5.91 Å². The molecule has 0 unspecified atom stereocenters. The molecule has 32 heavy (non-hydrogen) atoms. The zero-order valence-electron chi connectivity index (χ0n) is 16.6. The fourth-order valence-corrected chi connectivity index (χ4v) is 3.83. The summed E-state index contributed by atoms with van der Waals surface area (Å²) in [4.78, 5) is 12.3. The number of nitrogens with one attached hydrogen (secondary N) is 1. The van der Waals surface area contributed by atoms with Gasteiger partial charge in [-0.25, -0.2) is 13.2 Å². The van der Waals surface area contributed by atoms with Crippen molar-refractivity contribution < 1.29 is 18.0 Å². The summed E-state index contributed by atoms with van der Waals surface area (Å²) in [6, 6.07) is 21.0. The van der Waals surface area contributed by atoms with E-state index in [1.807, 2.05) is 65.2 Å². The van der Waals surface area contributed by atoms with E-state index in [2.05, 4.69) is 15.5 Å². The Morgan fingerprint density at radius 3 is 2.28 bits per heavy atom. The maximum atomic E-state index is 13.8. The Morgan fingerprint density at radius 1 is 0.875 bits per heavy atom. The van der Waals surface area contributed by atoms with Crippen molar-refractivity contribution in [3.63, 3.8) is 0 Å². The Hall–Kier alpha value is -3.59. The molecule has 5 nitrogen and oxygen atoms in total. The van der Waals surface area contributed by atoms with Crippen LogP contribution in [-0.2, 0) is 11.2 Å². The number of rotatable bonds is 7. The molecule has 0 spiro atoms. The van der Waals surface area contributed by atoms with Gasteiger partial charge in [-0.2, -0.15) is 0 Å². The third kappa shape index (κ3) is 4.83. The zero-order valence-corrected chi connectivity index (χ0v) is 17.5. The van der Waals surface area contributed by atoms with Crippen LogP contribution >= 0.6 is 11.8 Å². The molecule has 9 heteroatoms. The summed E-state index contributed by atoms with van der Waals surface area (Å²) >= 11 is 1.10. The van der Waals surface area contributed by atoms with E-state index in [0.29, 0.717) is 17.4 Å². The van der Waals surface area contributed by atoms with Crippen molar-refractivity contribution in [2.24, 2.45) is 0 Å². The van der Waals surface area contributed by atoms with Crippen LogP contribution in [0.2, 0.25) is 0 Å². The van der Waals surface area contributed by atoms with Gasteiger partial charge in [-0.15, -0.1) is 10.2 Å². The molecule has 0 aliphatic heterocycles. The van der Waals surface area contributed by atoms with Crippen molar-refractivity contribution >= 4 is 23.4 Å². The maximum absolute atomic E-state index is 13.8. The lowest BCUT2D eigenvalue weighted by atomic mass is 10.1. The number of carbonyl (C=O) groups is 1. The summed E-state index contributed by atoms with van der Waals surface area (Å²) in [6.07, 6.45) is 0.537. The van der Waals surface area contributed by atoms with Crippen molar-refractivity contribution in [3.8, 4) is 5.69 Å². The smallest absolute Gasteiger partial charge is 0.234 e. The number of anilines is 1. The van der Waals surface area contributed by atoms with E-state index in [9.17, 15) is 18.0 Å². The van der Waals surface area contributed by atoms with Crippen molar-refractivity contribution in [1.29, 1.82) is 0 Å². The van der Waals surface area contributed by atoms with Gasteiger partial charge in [0.15, 0.2) is 22.6 Å². The largest absolute Gasteiger partial charge is 0.323 e. The Balaban J connectivity index is 1.53. The normalized spacial score (nSPS) is 10.8. The SMILES string of the molecule is O=C(CSc1nnc(Cc2ccccc2)n1-c1ccccc1)Nc1ccc(F)c(F)c1F. The quantitative estimate of drug-likeness (QED) is 0.315. The summed E-state index contributed by atoms with van der Waals surface area (Å²) in [5, 5.41) is 11.2. The van der Waals surface area contributed by atoms with Crippen LogP contribution in [0.4, 0.5) is 18.9 Å². The minimum atomic E-state index is -1.63. The zero-order chi connectivity index (χ0) is 22.5. The van der Waals surface area contributed by atoms with Gasteiger partial charge in [-0.3, -0.25) is 9.36 Å². The fraction of sp³-hybridized carbons (Fsp3) is 0.0870. The lowest BCUT2D eigenvalue weighted by Gasteiger charge is -2.11. The Morgan fingerprint density at radius 2 is 1.56 bits per heavy atom. The lowest BCUT2D eigenvalue weighted by molar-refractivity contribution is -0.113. The molecule has 0 saturated carbocycles.